The Morgan fingerprint density at radius 3 is 1.78 bits per heavy atom. The molecule has 0 aromatic heterocycles. The minimum atomic E-state index is 0.857. The van der Waals surface area contributed by atoms with E-state index in [1.54, 1.807) is 27.8 Å². The highest BCUT2D eigenvalue weighted by Gasteiger charge is 2.45. The molecule has 116 valence electrons. The Morgan fingerprint density at radius 1 is 0.696 bits per heavy atom. The average molecular weight is 300 g/mol. The lowest BCUT2D eigenvalue weighted by Gasteiger charge is -2.27. The van der Waals surface area contributed by atoms with E-state index in [4.69, 9.17) is 0 Å². The van der Waals surface area contributed by atoms with E-state index in [1.807, 2.05) is 0 Å². The Kier molecular flexibility index (Phi) is 2.39. The van der Waals surface area contributed by atoms with Gasteiger partial charge in [0.15, 0.2) is 0 Å². The summed E-state index contributed by atoms with van der Waals surface area (Å²) in [5.74, 6) is 3.47. The lowest BCUT2D eigenvalue weighted by atomic mass is 9.77. The van der Waals surface area contributed by atoms with E-state index in [-0.39, 0.29) is 0 Å². The van der Waals surface area contributed by atoms with Gasteiger partial charge in [-0.05, 0) is 103 Å². The molecule has 23 heavy (non-hydrogen) atoms. The van der Waals surface area contributed by atoms with E-state index >= 15 is 0 Å². The molecule has 0 radical (unpaired) electrons. The lowest BCUT2D eigenvalue weighted by Crippen LogP contribution is -2.08. The molecule has 6 rings (SSSR count). The van der Waals surface area contributed by atoms with E-state index in [0.29, 0.717) is 0 Å². The number of aryl methyl sites for hydroxylation is 1. The third-order valence-electron chi connectivity index (χ3n) is 7.37. The van der Waals surface area contributed by atoms with Crippen LogP contribution < -0.4 is 0 Å². The van der Waals surface area contributed by atoms with Crippen LogP contribution in [0.3, 0.4) is 0 Å². The molecule has 0 unspecified atom stereocenters. The van der Waals surface area contributed by atoms with Gasteiger partial charge in [-0.3, -0.25) is 0 Å². The van der Waals surface area contributed by atoms with Gasteiger partial charge in [0.25, 0.3) is 0 Å². The van der Waals surface area contributed by atoms with Gasteiger partial charge < -0.3 is 0 Å². The summed E-state index contributed by atoms with van der Waals surface area (Å²) in [6, 6.07) is 12.1. The summed E-state index contributed by atoms with van der Waals surface area (Å²) in [6.07, 6.45) is 8.63. The van der Waals surface area contributed by atoms with Crippen molar-refractivity contribution in [3.05, 3.63) is 58.1 Å². The van der Waals surface area contributed by atoms with Gasteiger partial charge in [-0.2, -0.15) is 0 Å². The summed E-state index contributed by atoms with van der Waals surface area (Å²) >= 11 is 0. The number of fused-ring (bicyclic) bond motifs is 10. The third-order valence-corrected chi connectivity index (χ3v) is 7.37. The van der Waals surface area contributed by atoms with Crippen molar-refractivity contribution in [1.29, 1.82) is 0 Å². The van der Waals surface area contributed by atoms with Crippen LogP contribution in [0.25, 0.3) is 11.1 Å². The fourth-order valence-electron chi connectivity index (χ4n) is 6.40. The number of rotatable bonds is 1. The molecular formula is C23H24. The van der Waals surface area contributed by atoms with Crippen molar-refractivity contribution in [3.8, 4) is 11.1 Å². The highest BCUT2D eigenvalue weighted by atomic mass is 14.5. The van der Waals surface area contributed by atoms with E-state index < -0.39 is 0 Å². The largest absolute Gasteiger partial charge is 0.0587 e. The number of hydrogen-bond acceptors (Lipinski definition) is 0. The van der Waals surface area contributed by atoms with Gasteiger partial charge in [-0.25, -0.2) is 0 Å². The highest BCUT2D eigenvalue weighted by Crippen LogP contribution is 2.63. The van der Waals surface area contributed by atoms with Crippen LogP contribution in [0, 0.1) is 6.92 Å². The highest BCUT2D eigenvalue weighted by molar-refractivity contribution is 5.79. The Labute approximate surface area is 138 Å². The maximum Gasteiger partial charge on any atom is -0.0108 e. The molecule has 2 aromatic rings. The maximum absolute atomic E-state index is 2.68. The average Bonchev–Trinajstić information content (AvgIpc) is 3.34. The smallest absolute Gasteiger partial charge is 0.0108 e. The van der Waals surface area contributed by atoms with Crippen LogP contribution in [0.15, 0.2) is 30.3 Å². The number of hydrogen-bond donors (Lipinski definition) is 0. The normalized spacial score (nSPS) is 32.4. The van der Waals surface area contributed by atoms with Gasteiger partial charge in [-0.15, -0.1) is 0 Å². The molecule has 0 heteroatoms. The fraction of sp³-hybridized carbons (Fsp3) is 0.478. The Hall–Kier alpha value is -1.56. The standard InChI is InChI=1S/C23H24/c1-13-2-4-14(5-3-13)23-21-17-8-6-15(10-17)19(21)12-20-16-7-9-18(11-16)22(20)23/h2-5,12,15-18H,6-11H2,1H3/t15-,16-,17+,18+/m0/s1. The van der Waals surface area contributed by atoms with Gasteiger partial charge in [0, 0.05) is 0 Å². The van der Waals surface area contributed by atoms with Gasteiger partial charge in [-0.1, -0.05) is 35.9 Å². The lowest BCUT2D eigenvalue weighted by molar-refractivity contribution is 0.692. The first-order valence-corrected chi connectivity index (χ1v) is 9.57. The molecule has 0 heterocycles. The second kappa shape index (κ2) is 4.29. The first kappa shape index (κ1) is 12.8. The molecule has 2 fully saturated rings. The summed E-state index contributed by atoms with van der Waals surface area (Å²) in [7, 11) is 0. The molecule has 0 spiro atoms. The molecule has 0 aliphatic heterocycles. The topological polar surface area (TPSA) is 0 Å². The zero-order chi connectivity index (χ0) is 15.1. The molecule has 4 aliphatic rings. The van der Waals surface area contributed by atoms with Crippen molar-refractivity contribution in [3.63, 3.8) is 0 Å². The predicted octanol–water partition coefficient (Wildman–Crippen LogP) is 6.39. The van der Waals surface area contributed by atoms with Crippen molar-refractivity contribution >= 4 is 0 Å². The molecule has 2 saturated carbocycles. The molecule has 4 aliphatic carbocycles. The van der Waals surface area contributed by atoms with Gasteiger partial charge in [0.1, 0.15) is 0 Å². The minimum Gasteiger partial charge on any atom is -0.0587 e. The van der Waals surface area contributed by atoms with Crippen LogP contribution in [-0.4, -0.2) is 0 Å². The molecule has 0 saturated heterocycles. The van der Waals surface area contributed by atoms with Crippen molar-refractivity contribution in [1.82, 2.24) is 0 Å². The molecule has 0 nitrogen and oxygen atoms in total. The summed E-state index contributed by atoms with van der Waals surface area (Å²) in [5, 5.41) is 0. The summed E-state index contributed by atoms with van der Waals surface area (Å²) in [5.41, 5.74) is 11.6. The second-order valence-corrected chi connectivity index (χ2v) is 8.54. The first-order chi connectivity index (χ1) is 11.3. The fourth-order valence-corrected chi connectivity index (χ4v) is 6.40. The van der Waals surface area contributed by atoms with Crippen molar-refractivity contribution in [2.45, 2.75) is 69.1 Å². The van der Waals surface area contributed by atoms with E-state index in [1.165, 1.54) is 49.7 Å². The molecule has 4 atom stereocenters. The quantitative estimate of drug-likeness (QED) is 0.572. The zero-order valence-electron chi connectivity index (χ0n) is 13.9. The van der Waals surface area contributed by atoms with Gasteiger partial charge >= 0.3 is 0 Å². The first-order valence-electron chi connectivity index (χ1n) is 9.57. The van der Waals surface area contributed by atoms with Crippen LogP contribution in [0.1, 0.15) is 90.0 Å². The van der Waals surface area contributed by atoms with E-state index in [2.05, 4.69) is 37.3 Å². The Balaban J connectivity index is 1.68. The second-order valence-electron chi connectivity index (χ2n) is 8.54. The maximum atomic E-state index is 2.68. The van der Waals surface area contributed by atoms with Gasteiger partial charge in [0.2, 0.25) is 0 Å². The van der Waals surface area contributed by atoms with Crippen molar-refractivity contribution < 1.29 is 0 Å². The van der Waals surface area contributed by atoms with Crippen LogP contribution >= 0.6 is 0 Å². The van der Waals surface area contributed by atoms with Crippen LogP contribution in [0.4, 0.5) is 0 Å². The third kappa shape index (κ3) is 1.57. The van der Waals surface area contributed by atoms with Crippen LogP contribution in [-0.2, 0) is 0 Å². The predicted molar refractivity (Wildman–Crippen MR) is 95.3 cm³/mol. The van der Waals surface area contributed by atoms with Gasteiger partial charge in [0.05, 0.1) is 0 Å². The molecule has 4 bridgehead atoms. The van der Waals surface area contributed by atoms with E-state index in [0.717, 1.165) is 23.7 Å². The van der Waals surface area contributed by atoms with Crippen LogP contribution in [0.2, 0.25) is 0 Å². The SMILES string of the molecule is Cc1ccc(-c2c3c(cc4c2[C@@H]2CC[C@H]4C2)[C@H]2CC[C@@H]3C2)cc1. The summed E-state index contributed by atoms with van der Waals surface area (Å²) in [6.45, 7) is 2.20. The molecule has 0 amide bonds. The van der Waals surface area contributed by atoms with Crippen LogP contribution in [0.5, 0.6) is 0 Å². The van der Waals surface area contributed by atoms with Crippen molar-refractivity contribution in [2.75, 3.05) is 0 Å². The molecular weight excluding hydrogens is 276 g/mol. The zero-order valence-corrected chi connectivity index (χ0v) is 13.9. The summed E-state index contributed by atoms with van der Waals surface area (Å²) < 4.78 is 0. The Morgan fingerprint density at radius 2 is 1.22 bits per heavy atom. The van der Waals surface area contributed by atoms with Crippen molar-refractivity contribution in [2.24, 2.45) is 0 Å². The number of benzene rings is 2. The Bertz CT molecular complexity index is 767. The minimum absolute atomic E-state index is 0.857. The molecule has 0 N–H and O–H groups in total. The summed E-state index contributed by atoms with van der Waals surface area (Å²) in [4.78, 5) is 0. The molecule has 2 aromatic carbocycles. The van der Waals surface area contributed by atoms with E-state index in [9.17, 15) is 0 Å². The monoisotopic (exact) mass is 300 g/mol.